The number of anilines is 5. The van der Waals surface area contributed by atoms with E-state index in [9.17, 15) is 9.59 Å². The average Bonchev–Trinajstić information content (AvgIpc) is 1.67. The van der Waals surface area contributed by atoms with Crippen LogP contribution in [0.2, 0.25) is 0 Å². The molecule has 1 aliphatic heterocycles. The van der Waals surface area contributed by atoms with Crippen LogP contribution in [0.25, 0.3) is 99.9 Å². The number of H-pyrrole nitrogens is 1. The lowest BCUT2D eigenvalue weighted by Crippen LogP contribution is -2.28. The predicted octanol–water partition coefficient (Wildman–Crippen LogP) is 11.8. The Hall–Kier alpha value is -14.9. The first kappa shape index (κ1) is 75.3. The van der Waals surface area contributed by atoms with Crippen LogP contribution in [0.5, 0.6) is 11.8 Å². The van der Waals surface area contributed by atoms with E-state index in [4.69, 9.17) is 76.9 Å². The molecular formula is C79H71N21O12. The molecule has 10 N–H and O–H groups in total. The van der Waals surface area contributed by atoms with Gasteiger partial charge >= 0.3 is 6.09 Å². The van der Waals surface area contributed by atoms with Crippen molar-refractivity contribution in [3.8, 4) is 11.8 Å². The zero-order valence-corrected chi connectivity index (χ0v) is 60.5. The van der Waals surface area contributed by atoms with Gasteiger partial charge in [0, 0.05) is 107 Å². The number of nitrogen functional groups attached to an aromatic ring is 2. The maximum Gasteiger partial charge on any atom is 0.407 e. The van der Waals surface area contributed by atoms with Crippen molar-refractivity contribution in [2.45, 2.75) is 32.7 Å². The van der Waals surface area contributed by atoms with Crippen molar-refractivity contribution in [1.82, 2.24) is 60.1 Å². The third kappa shape index (κ3) is 18.5. The minimum absolute atomic E-state index is 0.0673. The van der Waals surface area contributed by atoms with Crippen molar-refractivity contribution in [2.24, 2.45) is 10.7 Å². The molecule has 1 amide bonds. The molecule has 0 aliphatic carbocycles. The molecule has 16 rings (SSSR count). The molecule has 0 saturated carbocycles. The Labute approximate surface area is 637 Å². The first-order valence-corrected chi connectivity index (χ1v) is 34.7. The van der Waals surface area contributed by atoms with Crippen molar-refractivity contribution < 1.29 is 56.1 Å². The molecule has 0 radical (unpaired) electrons. The van der Waals surface area contributed by atoms with Crippen LogP contribution in [0.1, 0.15) is 62.2 Å². The molecular weight excluding hydrogens is 1440 g/mol. The van der Waals surface area contributed by atoms with Crippen LogP contribution < -0.4 is 46.7 Å². The summed E-state index contributed by atoms with van der Waals surface area (Å²) in [5.41, 5.74) is 32.7. The number of para-hydroxylation sites is 4. The number of benzene rings is 7. The number of nitrogens with one attached hydrogen (secondary N) is 2. The average molecular weight is 1510 g/mol. The molecule has 15 aromatic rings. The fourth-order valence-electron chi connectivity index (χ4n) is 11.2. The number of aliphatic imine (C=N–C) groups is 1. The van der Waals surface area contributed by atoms with Crippen LogP contribution >= 0.6 is 0 Å². The third-order valence-corrected chi connectivity index (χ3v) is 17.1. The highest BCUT2D eigenvalue weighted by atomic mass is 16.5. The summed E-state index contributed by atoms with van der Waals surface area (Å²) in [5, 5.41) is 20.7. The SMILES string of the molecule is CN(CCO)c1ccc2nc(C=O)oc2c1.NCc1ccc(COc2nc(N)nc3nc[nH]c23)cc1.[C-]#[N+]/C(=C\c1nc2ccc(N(C)CCO)cc2o1)c1nc2ccccc2o1.[C-]#[N+]/C(=C\c1nc2ccc(N(C)CCOC(=O)NCc3ccc(COc4nc(N)nc5c4N=CC5)cc3)cc2o1)c1nc2ccccc2o1. The Morgan fingerprint density at radius 3 is 1.55 bits per heavy atom. The number of likely N-dealkylation sites (N-methyl/N-ethyl adjacent to an activating group) is 3. The van der Waals surface area contributed by atoms with E-state index >= 15 is 0 Å². The summed E-state index contributed by atoms with van der Waals surface area (Å²) >= 11 is 0. The number of carbonyl (C=O) groups excluding carboxylic acids is 2. The molecule has 9 heterocycles. The molecule has 0 atom stereocenters. The van der Waals surface area contributed by atoms with Gasteiger partial charge < -0.3 is 88.7 Å². The number of ether oxygens (including phenoxy) is 3. The number of aldehydes is 1. The zero-order chi connectivity index (χ0) is 78.0. The number of carbonyl (C=O) groups is 2. The Kier molecular flexibility index (Phi) is 23.7. The molecule has 564 valence electrons. The van der Waals surface area contributed by atoms with Gasteiger partial charge in [-0.25, -0.2) is 49.4 Å². The number of aliphatic hydroxyl groups excluding tert-OH is 2. The number of nitrogens with two attached hydrogens (primary N) is 3. The van der Waals surface area contributed by atoms with Crippen LogP contribution in [-0.4, -0.2) is 144 Å². The third-order valence-electron chi connectivity index (χ3n) is 17.1. The van der Waals surface area contributed by atoms with E-state index in [0.29, 0.717) is 142 Å². The maximum atomic E-state index is 12.4. The summed E-state index contributed by atoms with van der Waals surface area (Å²) in [7, 11) is 5.64. The van der Waals surface area contributed by atoms with Crippen LogP contribution in [0.3, 0.4) is 0 Å². The van der Waals surface area contributed by atoms with Crippen molar-refractivity contribution in [2.75, 3.05) is 86.8 Å². The van der Waals surface area contributed by atoms with E-state index in [-0.39, 0.29) is 73.3 Å². The number of oxazole rings is 5. The lowest BCUT2D eigenvalue weighted by Gasteiger charge is -2.19. The Bertz CT molecular complexity index is 5960. The van der Waals surface area contributed by atoms with Gasteiger partial charge in [0.1, 0.15) is 58.6 Å². The number of nitrogens with zero attached hydrogens (tertiary/aromatic N) is 16. The fraction of sp³-hybridized carbons (Fsp3) is 0.177. The van der Waals surface area contributed by atoms with Crippen molar-refractivity contribution in [3.63, 3.8) is 0 Å². The van der Waals surface area contributed by atoms with E-state index in [1.165, 1.54) is 18.5 Å². The van der Waals surface area contributed by atoms with E-state index in [1.807, 2.05) is 163 Å². The summed E-state index contributed by atoms with van der Waals surface area (Å²) in [6, 6.07) is 46.8. The van der Waals surface area contributed by atoms with Gasteiger partial charge in [-0.3, -0.25) is 9.79 Å². The van der Waals surface area contributed by atoms with Gasteiger partial charge in [0.15, 0.2) is 33.6 Å². The molecule has 7 aromatic carbocycles. The summed E-state index contributed by atoms with van der Waals surface area (Å²) in [6.07, 6.45) is 6.98. The summed E-state index contributed by atoms with van der Waals surface area (Å²) < 4.78 is 45.2. The molecule has 0 spiro atoms. The topological polar surface area (TPSA) is 434 Å². The highest BCUT2D eigenvalue weighted by Gasteiger charge is 2.21. The van der Waals surface area contributed by atoms with Crippen molar-refractivity contribution in [1.29, 1.82) is 0 Å². The monoisotopic (exact) mass is 1510 g/mol. The number of aromatic nitrogens is 11. The van der Waals surface area contributed by atoms with Crippen LogP contribution in [-0.2, 0) is 37.5 Å². The van der Waals surface area contributed by atoms with Gasteiger partial charge in [0.25, 0.3) is 17.3 Å². The number of hydrogen-bond donors (Lipinski definition) is 7. The van der Waals surface area contributed by atoms with Crippen molar-refractivity contribution >= 4 is 143 Å². The Morgan fingerprint density at radius 1 is 0.562 bits per heavy atom. The summed E-state index contributed by atoms with van der Waals surface area (Å²) in [4.78, 5) is 84.9. The number of aromatic amines is 1. The smallest absolute Gasteiger partial charge is 0.407 e. The van der Waals surface area contributed by atoms with E-state index in [1.54, 1.807) is 30.5 Å². The van der Waals surface area contributed by atoms with E-state index in [0.717, 1.165) is 45.0 Å². The van der Waals surface area contributed by atoms with Gasteiger partial charge in [-0.1, -0.05) is 72.8 Å². The molecule has 8 aromatic heterocycles. The normalized spacial score (nSPS) is 11.6. The predicted molar refractivity (Wildman–Crippen MR) is 420 cm³/mol. The van der Waals surface area contributed by atoms with E-state index < -0.39 is 6.09 Å². The van der Waals surface area contributed by atoms with E-state index in [2.05, 4.69) is 74.8 Å². The maximum absolute atomic E-state index is 12.4. The second-order valence-electron chi connectivity index (χ2n) is 24.8. The van der Waals surface area contributed by atoms with Crippen LogP contribution in [0.4, 0.5) is 39.4 Å². The number of rotatable bonds is 24. The van der Waals surface area contributed by atoms with Crippen molar-refractivity contribution in [3.05, 3.63) is 238 Å². The zero-order valence-electron chi connectivity index (χ0n) is 60.5. The molecule has 0 fully saturated rings. The molecule has 0 bridgehead atoms. The lowest BCUT2D eigenvalue weighted by molar-refractivity contribution is 0.109. The molecule has 112 heavy (non-hydrogen) atoms. The Balaban J connectivity index is 0.000000145. The minimum atomic E-state index is -0.520. The first-order chi connectivity index (χ1) is 54.6. The first-order valence-electron chi connectivity index (χ1n) is 34.7. The van der Waals surface area contributed by atoms with Gasteiger partial charge in [0.2, 0.25) is 53.5 Å². The Morgan fingerprint density at radius 2 is 1.04 bits per heavy atom. The van der Waals surface area contributed by atoms with Crippen LogP contribution in [0, 0.1) is 13.1 Å². The number of imidazole rings is 1. The fourth-order valence-corrected chi connectivity index (χ4v) is 11.2. The highest BCUT2D eigenvalue weighted by Crippen LogP contribution is 2.34. The largest absolute Gasteiger partial charge is 0.471 e. The van der Waals surface area contributed by atoms with Gasteiger partial charge in [-0.05, 0) is 82.9 Å². The lowest BCUT2D eigenvalue weighted by atomic mass is 10.1. The summed E-state index contributed by atoms with van der Waals surface area (Å²) in [5.74, 6) is 2.13. The molecule has 0 saturated heterocycles. The number of amides is 1. The van der Waals surface area contributed by atoms with Gasteiger partial charge in [-0.2, -0.15) is 15.0 Å². The number of alkyl carbamates (subject to hydrolysis) is 1. The van der Waals surface area contributed by atoms with Gasteiger partial charge in [0.05, 0.1) is 44.9 Å². The minimum Gasteiger partial charge on any atom is -0.471 e. The number of hydrogen-bond acceptors (Lipinski definition) is 29. The number of fused-ring (bicyclic) bond motifs is 7. The highest BCUT2D eigenvalue weighted by molar-refractivity contribution is 5.88. The summed E-state index contributed by atoms with van der Waals surface area (Å²) in [6.45, 7) is 18.4. The second kappa shape index (κ2) is 35.2. The number of aliphatic hydroxyl groups is 2. The molecule has 33 heteroatoms. The van der Waals surface area contributed by atoms with Crippen LogP contribution in [0.15, 0.2) is 185 Å². The molecule has 1 aliphatic rings. The second-order valence-corrected chi connectivity index (χ2v) is 24.8. The quantitative estimate of drug-likeness (QED) is 0.0218. The van der Waals surface area contributed by atoms with Gasteiger partial charge in [-0.15, -0.1) is 0 Å². The molecule has 0 unspecified atom stereocenters. The standard InChI is InChI=1S/C35H29N9O5.C20H16N4O3.C13H14N6O.C11H12N2O3/c1-37-27(32-41-24-5-3-4-6-28(24)49-32)18-30-40-25-12-11-23(17-29(25)48-30)44(2)15-16-46-35(45)39-19-21-7-9-22(10-8-21)20-47-33-31-26(13-14-38-31)42-34(36)43-33;1-21-16(20-23-14-5-3-4-6-17(14)27-20)12-19-22-15-8-7-13(11-18(15)26-19)24(2)9-10-25;14-5-8-1-3-9(4-2-8)6-20-12-10-11(17-7-16-10)18-13(15)19-12;1-13(4-5-14)8-2-3-9-10(6-8)16-11(7-15)12-9/h3-12,14,17-18H,13,15-16,19-20H2,2H3,(H,39,45)(H2,36,42,43);3-8,11-12,25H,9-10H2,2H3;1-4,7H,5-6,14H2,(H3,15,16,17,18,19);2-3,6-7,14H,4-5H2,1H3/b27-18-;16-12-;;. The molecule has 33 nitrogen and oxygen atoms in total.